The highest BCUT2D eigenvalue weighted by molar-refractivity contribution is 7.98. The molecule has 0 saturated heterocycles. The summed E-state index contributed by atoms with van der Waals surface area (Å²) in [6.07, 6.45) is 0. The van der Waals surface area contributed by atoms with E-state index in [1.54, 1.807) is 42.5 Å². The zero-order valence-corrected chi connectivity index (χ0v) is 22.0. The fraction of sp³-hybridized carbons (Fsp3) is 0.269. The minimum Gasteiger partial charge on any atom is -0.497 e. The third-order valence-corrected chi connectivity index (χ3v) is 8.12. The largest absolute Gasteiger partial charge is 0.497 e. The normalized spacial score (nSPS) is 11.1. The molecule has 0 unspecified atom stereocenters. The van der Waals surface area contributed by atoms with Crippen LogP contribution in [0.4, 0.5) is 10.1 Å². The number of carbonyl (C=O) groups excluding carboxylic acids is 1. The summed E-state index contributed by atoms with van der Waals surface area (Å²) in [5.41, 5.74) is 1.68. The van der Waals surface area contributed by atoms with Gasteiger partial charge in [-0.3, -0.25) is 9.10 Å². The van der Waals surface area contributed by atoms with Gasteiger partial charge in [0.05, 0.1) is 24.8 Å². The lowest BCUT2D eigenvalue weighted by molar-refractivity contribution is -0.119. The molecule has 0 saturated carbocycles. The molecule has 192 valence electrons. The SMILES string of the molecule is COc1ccc(OC)c(N(CC(=O)NCCSCc2ccccc2F)S(=O)(=O)c2ccc(C)cc2)c1. The topological polar surface area (TPSA) is 84.9 Å². The van der Waals surface area contributed by atoms with E-state index in [0.29, 0.717) is 29.4 Å². The van der Waals surface area contributed by atoms with E-state index in [2.05, 4.69) is 5.32 Å². The molecule has 0 aliphatic carbocycles. The number of hydrogen-bond donors (Lipinski definition) is 1. The summed E-state index contributed by atoms with van der Waals surface area (Å²) in [6, 6.07) is 17.7. The number of anilines is 1. The van der Waals surface area contributed by atoms with Crippen molar-refractivity contribution < 1.29 is 27.1 Å². The third kappa shape index (κ3) is 6.92. The molecule has 3 aromatic rings. The standard InChI is InChI=1S/C26H29FN2O5S2/c1-19-8-11-22(12-9-19)36(31,32)29(24-16-21(33-2)10-13-25(24)34-3)17-26(30)28-14-15-35-18-20-6-4-5-7-23(20)27/h4-13,16H,14-15,17-18H2,1-3H3,(H,28,30). The van der Waals surface area contributed by atoms with Crippen molar-refractivity contribution in [3.63, 3.8) is 0 Å². The lowest BCUT2D eigenvalue weighted by Crippen LogP contribution is -2.41. The Balaban J connectivity index is 1.76. The Morgan fingerprint density at radius 3 is 2.42 bits per heavy atom. The number of carbonyl (C=O) groups is 1. The van der Waals surface area contributed by atoms with Gasteiger partial charge in [-0.25, -0.2) is 12.8 Å². The Morgan fingerprint density at radius 2 is 1.75 bits per heavy atom. The molecule has 0 spiro atoms. The highest BCUT2D eigenvalue weighted by Gasteiger charge is 2.30. The first-order chi connectivity index (χ1) is 17.3. The van der Waals surface area contributed by atoms with E-state index in [1.165, 1.54) is 50.2 Å². The molecule has 1 N–H and O–H groups in total. The van der Waals surface area contributed by atoms with Crippen LogP contribution in [0.2, 0.25) is 0 Å². The van der Waals surface area contributed by atoms with E-state index in [1.807, 2.05) is 6.92 Å². The summed E-state index contributed by atoms with van der Waals surface area (Å²) in [5.74, 6) is 0.949. The number of hydrogen-bond acceptors (Lipinski definition) is 6. The summed E-state index contributed by atoms with van der Waals surface area (Å²) in [4.78, 5) is 12.9. The van der Waals surface area contributed by atoms with Gasteiger partial charge in [0.25, 0.3) is 10.0 Å². The second-order valence-corrected chi connectivity index (χ2v) is 10.8. The third-order valence-electron chi connectivity index (χ3n) is 5.33. The molecule has 0 radical (unpaired) electrons. The number of ether oxygens (including phenoxy) is 2. The Labute approximate surface area is 215 Å². The van der Waals surface area contributed by atoms with E-state index in [-0.39, 0.29) is 22.1 Å². The van der Waals surface area contributed by atoms with Gasteiger partial charge in [-0.05, 0) is 42.8 Å². The first-order valence-corrected chi connectivity index (χ1v) is 13.7. The number of sulfonamides is 1. The molecule has 3 rings (SSSR count). The van der Waals surface area contributed by atoms with Crippen molar-refractivity contribution in [2.75, 3.05) is 37.4 Å². The Kier molecular flexibility index (Phi) is 9.60. The average Bonchev–Trinajstić information content (AvgIpc) is 2.88. The highest BCUT2D eigenvalue weighted by Crippen LogP contribution is 2.35. The van der Waals surface area contributed by atoms with Crippen LogP contribution >= 0.6 is 11.8 Å². The Hall–Kier alpha value is -3.24. The minimum absolute atomic E-state index is 0.0474. The number of amides is 1. The number of methoxy groups -OCH3 is 2. The fourth-order valence-electron chi connectivity index (χ4n) is 3.38. The average molecular weight is 533 g/mol. The fourth-order valence-corrected chi connectivity index (χ4v) is 5.64. The summed E-state index contributed by atoms with van der Waals surface area (Å²) in [7, 11) is -1.22. The molecule has 0 aromatic heterocycles. The lowest BCUT2D eigenvalue weighted by atomic mass is 10.2. The molecule has 0 aliphatic heterocycles. The molecule has 3 aromatic carbocycles. The maximum atomic E-state index is 13.8. The lowest BCUT2D eigenvalue weighted by Gasteiger charge is -2.26. The second-order valence-electron chi connectivity index (χ2n) is 7.86. The van der Waals surface area contributed by atoms with Crippen LogP contribution in [0.25, 0.3) is 0 Å². The number of halogens is 1. The first kappa shape index (κ1) is 27.3. The molecule has 7 nitrogen and oxygen atoms in total. The Bertz CT molecular complexity index is 1280. The zero-order valence-electron chi connectivity index (χ0n) is 20.4. The molecule has 10 heteroatoms. The van der Waals surface area contributed by atoms with Crippen LogP contribution in [0.3, 0.4) is 0 Å². The van der Waals surface area contributed by atoms with Crippen molar-refractivity contribution >= 4 is 33.4 Å². The van der Waals surface area contributed by atoms with Gasteiger partial charge < -0.3 is 14.8 Å². The number of nitrogens with one attached hydrogen (secondary N) is 1. The number of nitrogens with zero attached hydrogens (tertiary/aromatic N) is 1. The Morgan fingerprint density at radius 1 is 1.03 bits per heavy atom. The molecule has 1 amide bonds. The van der Waals surface area contributed by atoms with Gasteiger partial charge in [0.2, 0.25) is 5.91 Å². The monoisotopic (exact) mass is 532 g/mol. The predicted molar refractivity (Wildman–Crippen MR) is 141 cm³/mol. The van der Waals surface area contributed by atoms with Crippen LogP contribution in [0.15, 0.2) is 71.6 Å². The van der Waals surface area contributed by atoms with Gasteiger partial charge in [-0.2, -0.15) is 11.8 Å². The zero-order chi connectivity index (χ0) is 26.1. The number of thioether (sulfide) groups is 1. The molecule has 0 bridgehead atoms. The minimum atomic E-state index is -4.11. The quantitative estimate of drug-likeness (QED) is 0.348. The van der Waals surface area contributed by atoms with Crippen molar-refractivity contribution in [3.05, 3.63) is 83.7 Å². The maximum Gasteiger partial charge on any atom is 0.264 e. The molecular weight excluding hydrogens is 503 g/mol. The van der Waals surface area contributed by atoms with Crippen molar-refractivity contribution in [1.82, 2.24) is 5.32 Å². The smallest absolute Gasteiger partial charge is 0.264 e. The van der Waals surface area contributed by atoms with Crippen LogP contribution in [0.5, 0.6) is 11.5 Å². The summed E-state index contributed by atoms with van der Waals surface area (Å²) < 4.78 is 52.7. The van der Waals surface area contributed by atoms with Crippen LogP contribution < -0.4 is 19.1 Å². The molecule has 0 aliphatic rings. The van der Waals surface area contributed by atoms with Crippen molar-refractivity contribution in [3.8, 4) is 11.5 Å². The number of aryl methyl sites for hydroxylation is 1. The molecule has 36 heavy (non-hydrogen) atoms. The van der Waals surface area contributed by atoms with Crippen LogP contribution in [0.1, 0.15) is 11.1 Å². The summed E-state index contributed by atoms with van der Waals surface area (Å²) >= 11 is 1.47. The molecular formula is C26H29FN2O5S2. The maximum absolute atomic E-state index is 13.8. The van der Waals surface area contributed by atoms with Crippen molar-refractivity contribution in [2.45, 2.75) is 17.6 Å². The van der Waals surface area contributed by atoms with Crippen LogP contribution in [-0.2, 0) is 20.6 Å². The molecule has 0 atom stereocenters. The van der Waals surface area contributed by atoms with Gasteiger partial charge in [0.15, 0.2) is 0 Å². The van der Waals surface area contributed by atoms with E-state index < -0.39 is 22.5 Å². The van der Waals surface area contributed by atoms with Crippen molar-refractivity contribution in [2.24, 2.45) is 0 Å². The predicted octanol–water partition coefficient (Wildman–Crippen LogP) is 4.40. The van der Waals surface area contributed by atoms with Crippen molar-refractivity contribution in [1.29, 1.82) is 0 Å². The van der Waals surface area contributed by atoms with E-state index in [4.69, 9.17) is 9.47 Å². The van der Waals surface area contributed by atoms with Gasteiger partial charge in [0.1, 0.15) is 23.9 Å². The second kappa shape index (κ2) is 12.6. The first-order valence-electron chi connectivity index (χ1n) is 11.2. The van der Waals surface area contributed by atoms with E-state index in [9.17, 15) is 17.6 Å². The van der Waals surface area contributed by atoms with Gasteiger partial charge in [-0.1, -0.05) is 35.9 Å². The summed E-state index contributed by atoms with van der Waals surface area (Å²) in [5, 5.41) is 2.75. The van der Waals surface area contributed by atoms with E-state index >= 15 is 0 Å². The molecule has 0 fully saturated rings. The van der Waals surface area contributed by atoms with Gasteiger partial charge in [-0.15, -0.1) is 0 Å². The summed E-state index contributed by atoms with van der Waals surface area (Å²) in [6.45, 7) is 1.69. The van der Waals surface area contributed by atoms with Gasteiger partial charge in [0, 0.05) is 24.1 Å². The van der Waals surface area contributed by atoms with E-state index in [0.717, 1.165) is 9.87 Å². The number of rotatable bonds is 12. The van der Waals surface area contributed by atoms with Crippen LogP contribution in [-0.4, -0.2) is 47.4 Å². The molecule has 0 heterocycles. The van der Waals surface area contributed by atoms with Gasteiger partial charge >= 0.3 is 0 Å². The van der Waals surface area contributed by atoms with Crippen LogP contribution in [0, 0.1) is 12.7 Å². The highest BCUT2D eigenvalue weighted by atomic mass is 32.2. The number of benzene rings is 3.